The molecule has 1 atom stereocenters. The number of fused-ring (bicyclic) bond motifs is 1. The third-order valence-electron chi connectivity index (χ3n) is 3.71. The van der Waals surface area contributed by atoms with E-state index < -0.39 is 12.0 Å². The molecular formula is C15H15NO4. The van der Waals surface area contributed by atoms with Crippen molar-refractivity contribution in [3.8, 4) is 5.75 Å². The van der Waals surface area contributed by atoms with Gasteiger partial charge in [-0.1, -0.05) is 18.2 Å². The molecule has 1 aromatic rings. The predicted octanol–water partition coefficient (Wildman–Crippen LogP) is 1.54. The molecule has 0 saturated carbocycles. The molecule has 2 aliphatic rings. The van der Waals surface area contributed by atoms with E-state index >= 15 is 0 Å². The van der Waals surface area contributed by atoms with Crippen LogP contribution >= 0.6 is 0 Å². The number of carbonyl (C=O) groups is 2. The minimum atomic E-state index is -0.937. The van der Waals surface area contributed by atoms with E-state index in [0.29, 0.717) is 18.5 Å². The molecule has 0 bridgehead atoms. The maximum atomic E-state index is 12.4. The van der Waals surface area contributed by atoms with Crippen LogP contribution in [0.2, 0.25) is 0 Å². The Morgan fingerprint density at radius 2 is 2.10 bits per heavy atom. The van der Waals surface area contributed by atoms with Crippen LogP contribution in [0, 0.1) is 0 Å². The molecule has 1 aromatic carbocycles. The number of carboxylic acid groups (broad SMARTS) is 1. The first kappa shape index (κ1) is 12.7. The van der Waals surface area contributed by atoms with E-state index in [2.05, 4.69) is 0 Å². The van der Waals surface area contributed by atoms with Crippen molar-refractivity contribution in [1.29, 1.82) is 0 Å². The third kappa shape index (κ3) is 2.15. The minimum Gasteiger partial charge on any atom is -0.488 e. The van der Waals surface area contributed by atoms with Gasteiger partial charge in [-0.25, -0.2) is 4.79 Å². The van der Waals surface area contributed by atoms with Gasteiger partial charge in [0.2, 0.25) is 0 Å². The van der Waals surface area contributed by atoms with Crippen molar-refractivity contribution < 1.29 is 19.4 Å². The van der Waals surface area contributed by atoms with E-state index in [-0.39, 0.29) is 12.5 Å². The van der Waals surface area contributed by atoms with Crippen molar-refractivity contribution in [3.63, 3.8) is 0 Å². The van der Waals surface area contributed by atoms with E-state index in [0.717, 1.165) is 17.7 Å². The summed E-state index contributed by atoms with van der Waals surface area (Å²) in [5.74, 6) is -0.418. The van der Waals surface area contributed by atoms with Gasteiger partial charge >= 0.3 is 5.97 Å². The third-order valence-corrected chi connectivity index (χ3v) is 3.71. The Labute approximate surface area is 116 Å². The smallest absolute Gasteiger partial charge is 0.326 e. The number of carbonyl (C=O) groups excluding carboxylic acids is 1. The van der Waals surface area contributed by atoms with Crippen molar-refractivity contribution in [2.24, 2.45) is 0 Å². The Hall–Kier alpha value is -2.30. The standard InChI is InChI=1S/C15H15NO4/c17-14(16-7-3-5-12(16)15(18)19)11-8-10-4-1-2-6-13(10)20-9-11/h1-2,4,6,8,12H,3,5,7,9H2,(H,18,19)/t12-/m1/s1. The highest BCUT2D eigenvalue weighted by molar-refractivity contribution is 6.01. The fourth-order valence-corrected chi connectivity index (χ4v) is 2.69. The van der Waals surface area contributed by atoms with Crippen LogP contribution in [0.4, 0.5) is 0 Å². The Balaban J connectivity index is 1.85. The molecule has 0 aliphatic carbocycles. The van der Waals surface area contributed by atoms with Gasteiger partial charge in [0, 0.05) is 12.1 Å². The molecule has 1 fully saturated rings. The number of para-hydroxylation sites is 1. The lowest BCUT2D eigenvalue weighted by molar-refractivity contribution is -0.147. The molecule has 104 valence electrons. The van der Waals surface area contributed by atoms with E-state index in [9.17, 15) is 9.59 Å². The first-order valence-electron chi connectivity index (χ1n) is 6.63. The average molecular weight is 273 g/mol. The minimum absolute atomic E-state index is 0.193. The Morgan fingerprint density at radius 3 is 2.90 bits per heavy atom. The maximum absolute atomic E-state index is 12.4. The number of rotatable bonds is 2. The summed E-state index contributed by atoms with van der Waals surface area (Å²) in [5, 5.41) is 9.14. The fraction of sp³-hybridized carbons (Fsp3) is 0.333. The van der Waals surface area contributed by atoms with Crippen LogP contribution in [0.25, 0.3) is 6.08 Å². The summed E-state index contributed by atoms with van der Waals surface area (Å²) >= 11 is 0. The Bertz CT molecular complexity index is 593. The summed E-state index contributed by atoms with van der Waals surface area (Å²) in [6.45, 7) is 0.688. The number of hydrogen-bond acceptors (Lipinski definition) is 3. The first-order chi connectivity index (χ1) is 9.66. The molecule has 3 rings (SSSR count). The Kier molecular flexibility index (Phi) is 3.18. The van der Waals surface area contributed by atoms with Crippen molar-refractivity contribution in [3.05, 3.63) is 35.4 Å². The summed E-state index contributed by atoms with van der Waals surface area (Å²) in [6, 6.07) is 6.77. The van der Waals surface area contributed by atoms with Crippen LogP contribution in [0.3, 0.4) is 0 Å². The number of hydrogen-bond donors (Lipinski definition) is 1. The molecular weight excluding hydrogens is 258 g/mol. The van der Waals surface area contributed by atoms with Crippen molar-refractivity contribution in [2.75, 3.05) is 13.2 Å². The van der Waals surface area contributed by atoms with Crippen LogP contribution in [-0.4, -0.2) is 41.1 Å². The topological polar surface area (TPSA) is 66.8 Å². The zero-order valence-electron chi connectivity index (χ0n) is 10.9. The van der Waals surface area contributed by atoms with Crippen LogP contribution < -0.4 is 4.74 Å². The number of nitrogens with zero attached hydrogens (tertiary/aromatic N) is 1. The van der Waals surface area contributed by atoms with Gasteiger partial charge in [-0.05, 0) is 25.0 Å². The van der Waals surface area contributed by atoms with Gasteiger partial charge in [-0.3, -0.25) is 4.79 Å². The van der Waals surface area contributed by atoms with Gasteiger partial charge in [0.05, 0.1) is 5.57 Å². The predicted molar refractivity (Wildman–Crippen MR) is 72.3 cm³/mol. The zero-order chi connectivity index (χ0) is 14.1. The number of aliphatic carboxylic acids is 1. The summed E-state index contributed by atoms with van der Waals surface area (Å²) in [6.07, 6.45) is 3.04. The van der Waals surface area contributed by atoms with Crippen molar-refractivity contribution in [1.82, 2.24) is 4.90 Å². The molecule has 0 aromatic heterocycles. The van der Waals surface area contributed by atoms with E-state index in [1.165, 1.54) is 4.90 Å². The fourth-order valence-electron chi connectivity index (χ4n) is 2.69. The van der Waals surface area contributed by atoms with Gasteiger partial charge in [-0.15, -0.1) is 0 Å². The van der Waals surface area contributed by atoms with Gasteiger partial charge in [0.1, 0.15) is 18.4 Å². The van der Waals surface area contributed by atoms with E-state index in [4.69, 9.17) is 9.84 Å². The van der Waals surface area contributed by atoms with Crippen LogP contribution in [0.15, 0.2) is 29.8 Å². The SMILES string of the molecule is O=C(O)[C@H]1CCCN1C(=O)C1=Cc2ccccc2OC1. The number of ether oxygens (including phenoxy) is 1. The number of likely N-dealkylation sites (tertiary alicyclic amines) is 1. The lowest BCUT2D eigenvalue weighted by Gasteiger charge is -2.25. The number of benzene rings is 1. The molecule has 20 heavy (non-hydrogen) atoms. The van der Waals surface area contributed by atoms with E-state index in [1.807, 2.05) is 24.3 Å². The van der Waals surface area contributed by atoms with Crippen LogP contribution in [-0.2, 0) is 9.59 Å². The second-order valence-electron chi connectivity index (χ2n) is 4.99. The van der Waals surface area contributed by atoms with Gasteiger partial charge in [0.15, 0.2) is 0 Å². The summed E-state index contributed by atoms with van der Waals surface area (Å²) < 4.78 is 5.55. The molecule has 2 heterocycles. The number of amides is 1. The highest BCUT2D eigenvalue weighted by Crippen LogP contribution is 2.28. The van der Waals surface area contributed by atoms with Crippen LogP contribution in [0.5, 0.6) is 5.75 Å². The highest BCUT2D eigenvalue weighted by Gasteiger charge is 2.35. The maximum Gasteiger partial charge on any atom is 0.326 e. The molecule has 5 heteroatoms. The highest BCUT2D eigenvalue weighted by atomic mass is 16.5. The molecule has 0 unspecified atom stereocenters. The van der Waals surface area contributed by atoms with Crippen LogP contribution in [0.1, 0.15) is 18.4 Å². The quantitative estimate of drug-likeness (QED) is 0.887. The summed E-state index contributed by atoms with van der Waals surface area (Å²) in [5.41, 5.74) is 1.37. The van der Waals surface area contributed by atoms with Gasteiger partial charge in [0.25, 0.3) is 5.91 Å². The second kappa shape index (κ2) is 5.00. The molecule has 1 amide bonds. The molecule has 0 spiro atoms. The molecule has 0 radical (unpaired) electrons. The monoisotopic (exact) mass is 273 g/mol. The molecule has 2 aliphatic heterocycles. The first-order valence-corrected chi connectivity index (χ1v) is 6.63. The van der Waals surface area contributed by atoms with Gasteiger partial charge < -0.3 is 14.7 Å². The largest absolute Gasteiger partial charge is 0.488 e. The lowest BCUT2D eigenvalue weighted by Crippen LogP contribution is -2.42. The van der Waals surface area contributed by atoms with Crippen molar-refractivity contribution in [2.45, 2.75) is 18.9 Å². The molecule has 1 saturated heterocycles. The van der Waals surface area contributed by atoms with E-state index in [1.54, 1.807) is 6.08 Å². The number of carboxylic acids is 1. The Morgan fingerprint density at radius 1 is 1.30 bits per heavy atom. The van der Waals surface area contributed by atoms with Gasteiger partial charge in [-0.2, -0.15) is 0 Å². The second-order valence-corrected chi connectivity index (χ2v) is 4.99. The average Bonchev–Trinajstić information content (AvgIpc) is 2.95. The lowest BCUT2D eigenvalue weighted by atomic mass is 10.1. The molecule has 5 nitrogen and oxygen atoms in total. The summed E-state index contributed by atoms with van der Waals surface area (Å²) in [4.78, 5) is 25.0. The summed E-state index contributed by atoms with van der Waals surface area (Å²) in [7, 11) is 0. The normalized spacial score (nSPS) is 20.9. The zero-order valence-corrected chi connectivity index (χ0v) is 10.9. The van der Waals surface area contributed by atoms with Crippen molar-refractivity contribution >= 4 is 18.0 Å². The molecule has 1 N–H and O–H groups in total.